The Labute approximate surface area is 124 Å². The van der Waals surface area contributed by atoms with Crippen LogP contribution in [0.25, 0.3) is 0 Å². The fraction of sp³-hybridized carbons (Fsp3) is 0.231. The van der Waals surface area contributed by atoms with Crippen LogP contribution in [0.2, 0.25) is 10.0 Å². The molecule has 0 unspecified atom stereocenters. The van der Waals surface area contributed by atoms with Crippen molar-refractivity contribution in [2.45, 2.75) is 18.7 Å². The summed E-state index contributed by atoms with van der Waals surface area (Å²) < 4.78 is 0. The quantitative estimate of drug-likeness (QED) is 0.761. The van der Waals surface area contributed by atoms with E-state index in [4.69, 9.17) is 23.2 Å². The molecule has 2 aromatic rings. The minimum absolute atomic E-state index is 0.607. The van der Waals surface area contributed by atoms with Gasteiger partial charge in [-0.3, -0.25) is 0 Å². The van der Waals surface area contributed by atoms with Crippen molar-refractivity contribution in [3.63, 3.8) is 0 Å². The van der Waals surface area contributed by atoms with Crippen LogP contribution in [0.1, 0.15) is 22.6 Å². The SMILES string of the molecule is Cc1cnc(Cc2ccc(Cl)cc2Cl)nc1CBr. The zero-order valence-electron chi connectivity index (χ0n) is 9.75. The molecule has 0 saturated carbocycles. The summed E-state index contributed by atoms with van der Waals surface area (Å²) in [6.45, 7) is 2.00. The summed E-state index contributed by atoms with van der Waals surface area (Å²) in [6.07, 6.45) is 2.44. The second-order valence-electron chi connectivity index (χ2n) is 3.96. The van der Waals surface area contributed by atoms with Gasteiger partial charge in [0, 0.05) is 28.0 Å². The first-order valence-corrected chi connectivity index (χ1v) is 7.29. The van der Waals surface area contributed by atoms with Crippen molar-refractivity contribution in [2.75, 3.05) is 0 Å². The second kappa shape index (κ2) is 6.00. The van der Waals surface area contributed by atoms with Crippen LogP contribution in [0.5, 0.6) is 0 Å². The summed E-state index contributed by atoms with van der Waals surface area (Å²) in [4.78, 5) is 8.82. The number of rotatable bonds is 3. The van der Waals surface area contributed by atoms with Crippen LogP contribution in [-0.2, 0) is 11.8 Å². The van der Waals surface area contributed by atoms with E-state index in [2.05, 4.69) is 25.9 Å². The molecule has 0 radical (unpaired) electrons. The van der Waals surface area contributed by atoms with Crippen molar-refractivity contribution in [3.05, 3.63) is 57.1 Å². The molecule has 0 amide bonds. The van der Waals surface area contributed by atoms with Crippen molar-refractivity contribution in [1.29, 1.82) is 0 Å². The number of aromatic nitrogens is 2. The van der Waals surface area contributed by atoms with Gasteiger partial charge in [-0.25, -0.2) is 9.97 Å². The molecule has 0 aliphatic rings. The molecule has 18 heavy (non-hydrogen) atoms. The molecule has 0 fully saturated rings. The lowest BCUT2D eigenvalue weighted by atomic mass is 10.1. The molecular formula is C13H11BrCl2N2. The number of halogens is 3. The Hall–Kier alpha value is -0.640. The summed E-state index contributed by atoms with van der Waals surface area (Å²) in [6, 6.07) is 5.46. The monoisotopic (exact) mass is 344 g/mol. The van der Waals surface area contributed by atoms with E-state index in [0.29, 0.717) is 16.5 Å². The molecule has 0 atom stereocenters. The number of benzene rings is 1. The minimum atomic E-state index is 0.607. The van der Waals surface area contributed by atoms with E-state index < -0.39 is 0 Å². The van der Waals surface area contributed by atoms with Gasteiger partial charge < -0.3 is 0 Å². The summed E-state index contributed by atoms with van der Waals surface area (Å²) in [5.41, 5.74) is 3.06. The first kappa shape index (κ1) is 13.8. The number of nitrogens with zero attached hydrogens (tertiary/aromatic N) is 2. The highest BCUT2D eigenvalue weighted by atomic mass is 79.9. The average Bonchev–Trinajstić information content (AvgIpc) is 2.35. The third-order valence-electron chi connectivity index (χ3n) is 2.62. The number of hydrogen-bond acceptors (Lipinski definition) is 2. The molecule has 1 aromatic carbocycles. The smallest absolute Gasteiger partial charge is 0.133 e. The minimum Gasteiger partial charge on any atom is -0.241 e. The van der Waals surface area contributed by atoms with Crippen LogP contribution in [0.4, 0.5) is 0 Å². The predicted octanol–water partition coefficient (Wildman–Crippen LogP) is 4.58. The molecule has 1 heterocycles. The standard InChI is InChI=1S/C13H11BrCl2N2/c1-8-7-17-13(18-12(8)6-14)4-9-2-3-10(15)5-11(9)16/h2-3,5,7H,4,6H2,1H3. The van der Waals surface area contributed by atoms with Gasteiger partial charge in [-0.05, 0) is 30.2 Å². The Morgan fingerprint density at radius 3 is 2.72 bits per heavy atom. The zero-order valence-corrected chi connectivity index (χ0v) is 12.8. The summed E-state index contributed by atoms with van der Waals surface area (Å²) in [5.74, 6) is 0.763. The first-order chi connectivity index (χ1) is 8.60. The maximum absolute atomic E-state index is 6.14. The van der Waals surface area contributed by atoms with E-state index in [9.17, 15) is 0 Å². The molecule has 0 aliphatic carbocycles. The van der Waals surface area contributed by atoms with Gasteiger partial charge in [0.15, 0.2) is 0 Å². The average molecular weight is 346 g/mol. The maximum Gasteiger partial charge on any atom is 0.133 e. The second-order valence-corrected chi connectivity index (χ2v) is 5.37. The fourth-order valence-corrected chi connectivity index (χ4v) is 2.62. The van der Waals surface area contributed by atoms with Crippen molar-refractivity contribution in [1.82, 2.24) is 9.97 Å². The molecule has 0 aliphatic heterocycles. The lowest BCUT2D eigenvalue weighted by Crippen LogP contribution is -2.01. The molecule has 0 N–H and O–H groups in total. The van der Waals surface area contributed by atoms with Gasteiger partial charge in [0.2, 0.25) is 0 Å². The maximum atomic E-state index is 6.14. The molecule has 1 aromatic heterocycles. The Bertz CT molecular complexity index is 573. The number of alkyl halides is 1. The third-order valence-corrected chi connectivity index (χ3v) is 3.73. The van der Waals surface area contributed by atoms with Crippen LogP contribution in [0.3, 0.4) is 0 Å². The largest absolute Gasteiger partial charge is 0.241 e. The Balaban J connectivity index is 2.28. The van der Waals surface area contributed by atoms with Crippen LogP contribution < -0.4 is 0 Å². The normalized spacial score (nSPS) is 10.7. The van der Waals surface area contributed by atoms with Crippen molar-refractivity contribution >= 4 is 39.1 Å². The predicted molar refractivity (Wildman–Crippen MR) is 78.7 cm³/mol. The Morgan fingerprint density at radius 1 is 1.28 bits per heavy atom. The molecule has 0 spiro atoms. The molecular weight excluding hydrogens is 335 g/mol. The van der Waals surface area contributed by atoms with E-state index >= 15 is 0 Å². The van der Waals surface area contributed by atoms with Crippen LogP contribution in [0.15, 0.2) is 24.4 Å². The molecule has 5 heteroatoms. The third kappa shape index (κ3) is 3.22. The summed E-state index contributed by atoms with van der Waals surface area (Å²) in [5, 5.41) is 2.00. The fourth-order valence-electron chi connectivity index (χ4n) is 1.57. The van der Waals surface area contributed by atoms with Crippen molar-refractivity contribution in [3.8, 4) is 0 Å². The van der Waals surface area contributed by atoms with Crippen LogP contribution in [-0.4, -0.2) is 9.97 Å². The number of hydrogen-bond donors (Lipinski definition) is 0. The Morgan fingerprint density at radius 2 is 2.06 bits per heavy atom. The van der Waals surface area contributed by atoms with Gasteiger partial charge in [0.05, 0.1) is 5.69 Å². The van der Waals surface area contributed by atoms with Gasteiger partial charge in [-0.1, -0.05) is 45.2 Å². The highest BCUT2D eigenvalue weighted by Crippen LogP contribution is 2.22. The summed E-state index contributed by atoms with van der Waals surface area (Å²) in [7, 11) is 0. The lowest BCUT2D eigenvalue weighted by Gasteiger charge is -2.06. The molecule has 2 nitrogen and oxygen atoms in total. The van der Waals surface area contributed by atoms with Crippen molar-refractivity contribution < 1.29 is 0 Å². The van der Waals surface area contributed by atoms with Crippen LogP contribution >= 0.6 is 39.1 Å². The van der Waals surface area contributed by atoms with E-state index in [-0.39, 0.29) is 0 Å². The summed E-state index contributed by atoms with van der Waals surface area (Å²) >= 11 is 15.4. The zero-order chi connectivity index (χ0) is 13.1. The van der Waals surface area contributed by atoms with Gasteiger partial charge in [0.25, 0.3) is 0 Å². The van der Waals surface area contributed by atoms with Gasteiger partial charge >= 0.3 is 0 Å². The first-order valence-electron chi connectivity index (χ1n) is 5.41. The van der Waals surface area contributed by atoms with E-state index in [1.165, 1.54) is 0 Å². The van der Waals surface area contributed by atoms with Crippen molar-refractivity contribution in [2.24, 2.45) is 0 Å². The Kier molecular flexibility index (Phi) is 4.60. The molecule has 0 saturated heterocycles. The van der Waals surface area contributed by atoms with E-state index in [0.717, 1.165) is 28.0 Å². The highest BCUT2D eigenvalue weighted by Gasteiger charge is 2.07. The van der Waals surface area contributed by atoms with E-state index in [1.807, 2.05) is 25.3 Å². The lowest BCUT2D eigenvalue weighted by molar-refractivity contribution is 0.923. The topological polar surface area (TPSA) is 25.8 Å². The molecule has 2 rings (SSSR count). The van der Waals surface area contributed by atoms with Gasteiger partial charge in [0.1, 0.15) is 5.82 Å². The van der Waals surface area contributed by atoms with Gasteiger partial charge in [-0.15, -0.1) is 0 Å². The number of aryl methyl sites for hydroxylation is 1. The van der Waals surface area contributed by atoms with Crippen LogP contribution in [0, 0.1) is 6.92 Å². The van der Waals surface area contributed by atoms with Gasteiger partial charge in [-0.2, -0.15) is 0 Å². The molecule has 0 bridgehead atoms. The highest BCUT2D eigenvalue weighted by molar-refractivity contribution is 9.08. The molecule has 94 valence electrons. The van der Waals surface area contributed by atoms with E-state index in [1.54, 1.807) is 6.07 Å².